The molecule has 7 heteroatoms. The van der Waals surface area contributed by atoms with Crippen LogP contribution in [0.2, 0.25) is 0 Å². The molecule has 2 aromatic carbocycles. The van der Waals surface area contributed by atoms with E-state index in [1.54, 1.807) is 30.3 Å². The molecule has 0 aliphatic carbocycles. The molecule has 0 saturated heterocycles. The summed E-state index contributed by atoms with van der Waals surface area (Å²) in [5.74, 6) is -0.804. The number of hydrogen-bond acceptors (Lipinski definition) is 4. The highest BCUT2D eigenvalue weighted by Gasteiger charge is 2.24. The SMILES string of the molecule is CCCCCC(O)c1ccc(CN(CCCCCCC(=O)O)S(=O)(=O)c2ccccc2)cc1. The van der Waals surface area contributed by atoms with Crippen molar-refractivity contribution < 1.29 is 23.4 Å². The standard InChI is InChI=1S/C26H37NO5S/c1-2-3-7-14-25(28)23-18-16-22(17-19-23)21-27(20-11-5-4-10-15-26(29)30)33(31,32)24-12-8-6-9-13-24/h6,8-9,12-13,16-19,25,28H,2-5,7,10-11,14-15,20-21H2,1H3,(H,29,30). The third-order valence-electron chi connectivity index (χ3n) is 5.73. The number of hydrogen-bond donors (Lipinski definition) is 2. The van der Waals surface area contributed by atoms with Crippen molar-refractivity contribution in [2.45, 2.75) is 82.3 Å². The van der Waals surface area contributed by atoms with Crippen LogP contribution in [0.1, 0.15) is 81.9 Å². The van der Waals surface area contributed by atoms with Crippen molar-refractivity contribution in [1.82, 2.24) is 4.31 Å². The average Bonchev–Trinajstić information content (AvgIpc) is 2.81. The van der Waals surface area contributed by atoms with Crippen LogP contribution in [0.25, 0.3) is 0 Å². The van der Waals surface area contributed by atoms with E-state index < -0.39 is 22.1 Å². The van der Waals surface area contributed by atoms with Gasteiger partial charge in [0.1, 0.15) is 0 Å². The monoisotopic (exact) mass is 475 g/mol. The molecule has 33 heavy (non-hydrogen) atoms. The molecule has 182 valence electrons. The van der Waals surface area contributed by atoms with E-state index in [2.05, 4.69) is 6.92 Å². The second-order valence-corrected chi connectivity index (χ2v) is 10.4. The van der Waals surface area contributed by atoms with E-state index in [1.807, 2.05) is 24.3 Å². The van der Waals surface area contributed by atoms with Gasteiger partial charge >= 0.3 is 5.97 Å². The fraction of sp³-hybridized carbons (Fsp3) is 0.500. The van der Waals surface area contributed by atoms with Gasteiger partial charge in [0.2, 0.25) is 10.0 Å². The molecule has 1 unspecified atom stereocenters. The minimum Gasteiger partial charge on any atom is -0.481 e. The molecule has 0 heterocycles. The first kappa shape index (κ1) is 27.0. The predicted octanol–water partition coefficient (Wildman–Crippen LogP) is 5.53. The van der Waals surface area contributed by atoms with E-state index in [1.165, 1.54) is 4.31 Å². The Morgan fingerprint density at radius 2 is 1.58 bits per heavy atom. The Hall–Kier alpha value is -2.22. The number of aliphatic hydroxyl groups is 1. The summed E-state index contributed by atoms with van der Waals surface area (Å²) in [6.07, 6.45) is 6.35. The van der Waals surface area contributed by atoms with Crippen molar-refractivity contribution in [3.8, 4) is 0 Å². The molecule has 0 spiro atoms. The second-order valence-electron chi connectivity index (χ2n) is 8.46. The summed E-state index contributed by atoms with van der Waals surface area (Å²) in [5.41, 5.74) is 1.72. The lowest BCUT2D eigenvalue weighted by Gasteiger charge is -2.23. The van der Waals surface area contributed by atoms with E-state index in [0.29, 0.717) is 19.4 Å². The largest absolute Gasteiger partial charge is 0.481 e. The molecule has 2 rings (SSSR count). The number of benzene rings is 2. The maximum atomic E-state index is 13.3. The lowest BCUT2D eigenvalue weighted by Crippen LogP contribution is -2.31. The summed E-state index contributed by atoms with van der Waals surface area (Å²) in [6.45, 7) is 2.75. The molecule has 0 aliphatic heterocycles. The lowest BCUT2D eigenvalue weighted by atomic mass is 10.0. The molecule has 0 aliphatic rings. The van der Waals surface area contributed by atoms with Crippen molar-refractivity contribution >= 4 is 16.0 Å². The summed E-state index contributed by atoms with van der Waals surface area (Å²) in [7, 11) is -3.66. The van der Waals surface area contributed by atoms with Crippen molar-refractivity contribution in [3.63, 3.8) is 0 Å². The van der Waals surface area contributed by atoms with Crippen LogP contribution in [-0.4, -0.2) is 35.5 Å². The van der Waals surface area contributed by atoms with Gasteiger partial charge in [-0.3, -0.25) is 4.79 Å². The van der Waals surface area contributed by atoms with Gasteiger partial charge in [-0.2, -0.15) is 4.31 Å². The number of carbonyl (C=O) groups is 1. The number of unbranched alkanes of at least 4 members (excludes halogenated alkanes) is 5. The zero-order chi connectivity index (χ0) is 24.1. The van der Waals surface area contributed by atoms with Crippen molar-refractivity contribution in [3.05, 3.63) is 65.7 Å². The molecule has 0 fully saturated rings. The molecule has 0 aromatic heterocycles. The zero-order valence-corrected chi connectivity index (χ0v) is 20.3. The Bertz CT molecular complexity index is 929. The molecule has 0 radical (unpaired) electrons. The van der Waals surface area contributed by atoms with Crippen LogP contribution in [0.5, 0.6) is 0 Å². The topological polar surface area (TPSA) is 94.9 Å². The number of carboxylic acid groups (broad SMARTS) is 1. The van der Waals surface area contributed by atoms with Crippen LogP contribution < -0.4 is 0 Å². The Kier molecular flexibility index (Phi) is 11.6. The first-order valence-corrected chi connectivity index (χ1v) is 13.3. The van der Waals surface area contributed by atoms with E-state index in [0.717, 1.165) is 49.7 Å². The normalized spacial score (nSPS) is 12.7. The summed E-state index contributed by atoms with van der Waals surface area (Å²) < 4.78 is 28.0. The number of aliphatic carboxylic acids is 1. The summed E-state index contributed by atoms with van der Waals surface area (Å²) in [6, 6.07) is 16.0. The highest BCUT2D eigenvalue weighted by atomic mass is 32.2. The third kappa shape index (κ3) is 9.27. The van der Waals surface area contributed by atoms with Crippen molar-refractivity contribution in [2.75, 3.05) is 6.54 Å². The van der Waals surface area contributed by atoms with Crippen LogP contribution in [0.15, 0.2) is 59.5 Å². The van der Waals surface area contributed by atoms with E-state index in [9.17, 15) is 18.3 Å². The van der Waals surface area contributed by atoms with Gasteiger partial charge in [-0.25, -0.2) is 8.42 Å². The van der Waals surface area contributed by atoms with E-state index in [4.69, 9.17) is 5.11 Å². The number of rotatable bonds is 16. The van der Waals surface area contributed by atoms with Crippen LogP contribution in [0, 0.1) is 0 Å². The molecular formula is C26H37NO5S. The van der Waals surface area contributed by atoms with Crippen molar-refractivity contribution in [1.29, 1.82) is 0 Å². The van der Waals surface area contributed by atoms with Crippen LogP contribution >= 0.6 is 0 Å². The van der Waals surface area contributed by atoms with Gasteiger partial charge in [0.15, 0.2) is 0 Å². The second kappa shape index (κ2) is 14.1. The third-order valence-corrected chi connectivity index (χ3v) is 7.59. The number of nitrogens with zero attached hydrogens (tertiary/aromatic N) is 1. The van der Waals surface area contributed by atoms with Gasteiger partial charge in [0.25, 0.3) is 0 Å². The van der Waals surface area contributed by atoms with Crippen LogP contribution in [-0.2, 0) is 21.4 Å². The number of carboxylic acids is 1. The first-order chi connectivity index (χ1) is 15.8. The molecule has 2 aromatic rings. The summed E-state index contributed by atoms with van der Waals surface area (Å²) in [5, 5.41) is 19.1. The van der Waals surface area contributed by atoms with E-state index in [-0.39, 0.29) is 17.9 Å². The highest BCUT2D eigenvalue weighted by Crippen LogP contribution is 2.23. The van der Waals surface area contributed by atoms with E-state index >= 15 is 0 Å². The Balaban J connectivity index is 2.06. The maximum Gasteiger partial charge on any atom is 0.303 e. The minimum absolute atomic E-state index is 0.142. The highest BCUT2D eigenvalue weighted by molar-refractivity contribution is 7.89. The molecule has 0 amide bonds. The molecular weight excluding hydrogens is 438 g/mol. The van der Waals surface area contributed by atoms with Crippen LogP contribution in [0.3, 0.4) is 0 Å². The molecule has 0 bridgehead atoms. The molecule has 2 N–H and O–H groups in total. The van der Waals surface area contributed by atoms with Gasteiger partial charge in [-0.15, -0.1) is 0 Å². The minimum atomic E-state index is -3.66. The fourth-order valence-corrected chi connectivity index (χ4v) is 5.23. The Morgan fingerprint density at radius 3 is 2.21 bits per heavy atom. The smallest absolute Gasteiger partial charge is 0.303 e. The van der Waals surface area contributed by atoms with Crippen LogP contribution in [0.4, 0.5) is 0 Å². The Morgan fingerprint density at radius 1 is 0.909 bits per heavy atom. The lowest BCUT2D eigenvalue weighted by molar-refractivity contribution is -0.137. The fourth-order valence-electron chi connectivity index (χ4n) is 3.75. The molecule has 0 saturated carbocycles. The summed E-state index contributed by atoms with van der Waals surface area (Å²) >= 11 is 0. The number of aliphatic hydroxyl groups excluding tert-OH is 1. The Labute approximate surface area is 198 Å². The summed E-state index contributed by atoms with van der Waals surface area (Å²) in [4.78, 5) is 10.9. The van der Waals surface area contributed by atoms with Gasteiger partial charge in [0.05, 0.1) is 11.0 Å². The van der Waals surface area contributed by atoms with Gasteiger partial charge in [-0.05, 0) is 42.5 Å². The van der Waals surface area contributed by atoms with Gasteiger partial charge < -0.3 is 10.2 Å². The quantitative estimate of drug-likeness (QED) is 0.311. The predicted molar refractivity (Wildman–Crippen MR) is 130 cm³/mol. The zero-order valence-electron chi connectivity index (χ0n) is 19.5. The van der Waals surface area contributed by atoms with Crippen molar-refractivity contribution in [2.24, 2.45) is 0 Å². The van der Waals surface area contributed by atoms with Gasteiger partial charge in [-0.1, -0.05) is 81.5 Å². The number of sulfonamides is 1. The average molecular weight is 476 g/mol. The molecule has 1 atom stereocenters. The van der Waals surface area contributed by atoms with Gasteiger partial charge in [0, 0.05) is 19.5 Å². The molecule has 6 nitrogen and oxygen atoms in total. The first-order valence-electron chi connectivity index (χ1n) is 11.9. The maximum absolute atomic E-state index is 13.3.